The van der Waals surface area contributed by atoms with Crippen LogP contribution in [0.2, 0.25) is 0 Å². The summed E-state index contributed by atoms with van der Waals surface area (Å²) in [6.07, 6.45) is -3.12. The Balaban J connectivity index is 1.75. The first-order valence-corrected chi connectivity index (χ1v) is 10.1. The minimum Gasteiger partial charge on any atom is -0.497 e. The molecule has 1 amide bonds. The number of carbonyl (C=O) groups excluding carboxylic acids is 1. The number of nitrogens with two attached hydrogens (primary N) is 1. The second-order valence-electron chi connectivity index (χ2n) is 7.50. The zero-order valence-corrected chi connectivity index (χ0v) is 18.6. The predicted molar refractivity (Wildman–Crippen MR) is 119 cm³/mol. The fourth-order valence-electron chi connectivity index (χ4n) is 2.85. The summed E-state index contributed by atoms with van der Waals surface area (Å²) in [6, 6.07) is 7.57. The number of hydrogen-bond donors (Lipinski definition) is 4. The number of nitrogens with one attached hydrogen (secondary N) is 3. The van der Waals surface area contributed by atoms with Gasteiger partial charge in [0.15, 0.2) is 0 Å². The van der Waals surface area contributed by atoms with E-state index in [2.05, 4.69) is 30.7 Å². The molecule has 14 heteroatoms. The van der Waals surface area contributed by atoms with Crippen LogP contribution >= 0.6 is 0 Å². The molecule has 0 aliphatic carbocycles. The Morgan fingerprint density at radius 2 is 1.88 bits per heavy atom. The van der Waals surface area contributed by atoms with Gasteiger partial charge in [0.05, 0.1) is 7.11 Å². The number of nitrogen functional groups attached to an aromatic ring is 1. The molecular weight excluding hydrogens is 455 g/mol. The minimum absolute atomic E-state index is 0.00325. The molecule has 1 atom stereocenters. The molecule has 0 bridgehead atoms. The van der Waals surface area contributed by atoms with E-state index >= 15 is 0 Å². The zero-order valence-electron chi connectivity index (χ0n) is 18.6. The number of nitrogens with zero attached hydrogens (tertiary/aromatic N) is 5. The van der Waals surface area contributed by atoms with Crippen LogP contribution < -0.4 is 26.4 Å². The smallest absolute Gasteiger partial charge is 0.405 e. The van der Waals surface area contributed by atoms with E-state index in [1.807, 2.05) is 5.32 Å². The van der Waals surface area contributed by atoms with Crippen molar-refractivity contribution in [3.63, 3.8) is 0 Å². The summed E-state index contributed by atoms with van der Waals surface area (Å²) in [6.45, 7) is 1.96. The molecule has 0 fully saturated rings. The highest BCUT2D eigenvalue weighted by atomic mass is 19.4. The van der Waals surface area contributed by atoms with E-state index in [1.54, 1.807) is 45.2 Å². The number of carbonyl (C=O) groups is 1. The van der Waals surface area contributed by atoms with Crippen LogP contribution in [0.25, 0.3) is 5.95 Å². The fraction of sp³-hybridized carbons (Fsp3) is 0.350. The summed E-state index contributed by atoms with van der Waals surface area (Å²) in [5.74, 6) is -0.00991. The Morgan fingerprint density at radius 1 is 1.18 bits per heavy atom. The van der Waals surface area contributed by atoms with Gasteiger partial charge in [-0.3, -0.25) is 4.79 Å². The molecule has 0 aliphatic heterocycles. The maximum absolute atomic E-state index is 12.5. The molecule has 34 heavy (non-hydrogen) atoms. The van der Waals surface area contributed by atoms with E-state index in [9.17, 15) is 18.0 Å². The first-order chi connectivity index (χ1) is 16.1. The van der Waals surface area contributed by atoms with Gasteiger partial charge in [-0.15, -0.1) is 5.10 Å². The zero-order chi connectivity index (χ0) is 24.9. The van der Waals surface area contributed by atoms with Gasteiger partial charge >= 0.3 is 6.18 Å². The third kappa shape index (κ3) is 6.46. The van der Waals surface area contributed by atoms with Crippen molar-refractivity contribution in [1.29, 1.82) is 0 Å². The number of rotatable bonds is 9. The van der Waals surface area contributed by atoms with Crippen LogP contribution in [0.5, 0.6) is 5.75 Å². The van der Waals surface area contributed by atoms with Gasteiger partial charge in [-0.25, -0.2) is 4.98 Å². The summed E-state index contributed by atoms with van der Waals surface area (Å²) < 4.78 is 43.7. The molecule has 3 aromatic rings. The summed E-state index contributed by atoms with van der Waals surface area (Å²) >= 11 is 0. The highest BCUT2D eigenvalue weighted by molar-refractivity contribution is 5.84. The largest absolute Gasteiger partial charge is 0.497 e. The molecule has 0 spiro atoms. The number of aromatic nitrogens is 5. The first kappa shape index (κ1) is 24.5. The van der Waals surface area contributed by atoms with E-state index in [0.717, 1.165) is 0 Å². The van der Waals surface area contributed by atoms with E-state index in [-0.39, 0.29) is 29.6 Å². The van der Waals surface area contributed by atoms with Crippen molar-refractivity contribution in [3.8, 4) is 11.7 Å². The van der Waals surface area contributed by atoms with Crippen LogP contribution in [0.15, 0.2) is 36.5 Å². The Hall–Kier alpha value is -4.10. The molecule has 0 saturated carbocycles. The van der Waals surface area contributed by atoms with Gasteiger partial charge in [-0.1, -0.05) is 13.8 Å². The molecule has 182 valence electrons. The van der Waals surface area contributed by atoms with Gasteiger partial charge in [-0.2, -0.15) is 27.8 Å². The molecule has 11 nitrogen and oxygen atoms in total. The lowest BCUT2D eigenvalue weighted by Gasteiger charge is -2.22. The third-order valence-corrected chi connectivity index (χ3v) is 4.53. The highest BCUT2D eigenvalue weighted by Crippen LogP contribution is 2.20. The second-order valence-corrected chi connectivity index (χ2v) is 7.50. The summed E-state index contributed by atoms with van der Waals surface area (Å²) in [4.78, 5) is 24.8. The van der Waals surface area contributed by atoms with Crippen molar-refractivity contribution >= 4 is 29.3 Å². The normalized spacial score (nSPS) is 12.3. The topological polar surface area (TPSA) is 145 Å². The summed E-state index contributed by atoms with van der Waals surface area (Å²) in [7, 11) is 1.56. The summed E-state index contributed by atoms with van der Waals surface area (Å²) in [5.41, 5.74) is 6.65. The molecule has 0 saturated heterocycles. The predicted octanol–water partition coefficient (Wildman–Crippen LogP) is 2.51. The number of alkyl halides is 3. The Kier molecular flexibility index (Phi) is 7.38. The van der Waals surface area contributed by atoms with Crippen LogP contribution in [0.3, 0.4) is 0 Å². The number of benzene rings is 1. The lowest BCUT2D eigenvalue weighted by atomic mass is 10.0. The lowest BCUT2D eigenvalue weighted by Crippen LogP contribution is -2.46. The van der Waals surface area contributed by atoms with Crippen molar-refractivity contribution in [2.75, 3.05) is 30.0 Å². The summed E-state index contributed by atoms with van der Waals surface area (Å²) in [5, 5.41) is 12.0. The van der Waals surface area contributed by atoms with E-state index in [0.29, 0.717) is 11.4 Å². The maximum Gasteiger partial charge on any atom is 0.405 e. The van der Waals surface area contributed by atoms with Crippen LogP contribution in [-0.2, 0) is 4.79 Å². The quantitative estimate of drug-likeness (QED) is 0.364. The standard InChI is InChI=1S/C20H24F3N9O2/c1-11(2)15(16(33)26-10-20(21,22)23)28-14-8-9-25-19(29-14)32-17(24)30-18(31-32)27-12-4-6-13(34-3)7-5-12/h4-9,11,15H,10H2,1-3H3,(H,26,33)(H,25,28,29)(H3,24,27,30,31)/t15-/m1/s1. The monoisotopic (exact) mass is 479 g/mol. The molecule has 5 N–H and O–H groups in total. The fourth-order valence-corrected chi connectivity index (χ4v) is 2.85. The van der Waals surface area contributed by atoms with Gasteiger partial charge < -0.3 is 26.4 Å². The molecule has 2 heterocycles. The lowest BCUT2D eigenvalue weighted by molar-refractivity contribution is -0.139. The third-order valence-electron chi connectivity index (χ3n) is 4.53. The van der Waals surface area contributed by atoms with Gasteiger partial charge in [0.25, 0.3) is 5.95 Å². The first-order valence-electron chi connectivity index (χ1n) is 10.1. The average molecular weight is 479 g/mol. The van der Waals surface area contributed by atoms with E-state index in [1.165, 1.54) is 16.9 Å². The van der Waals surface area contributed by atoms with Crippen LogP contribution in [-0.4, -0.2) is 56.5 Å². The number of anilines is 4. The number of methoxy groups -OCH3 is 1. The number of amides is 1. The maximum atomic E-state index is 12.5. The van der Waals surface area contributed by atoms with Gasteiger partial charge in [0.1, 0.15) is 24.2 Å². The van der Waals surface area contributed by atoms with Crippen LogP contribution in [0.4, 0.5) is 36.6 Å². The molecule has 3 rings (SSSR count). The van der Waals surface area contributed by atoms with E-state index < -0.39 is 24.7 Å². The van der Waals surface area contributed by atoms with Gasteiger partial charge in [0.2, 0.25) is 17.8 Å². The SMILES string of the molecule is COc1ccc(Nc2nc(N)n(-c3nccc(N[C@@H](C(=O)NCC(F)(F)F)C(C)C)n3)n2)cc1. The second kappa shape index (κ2) is 10.2. The minimum atomic E-state index is -4.51. The number of ether oxygens (including phenoxy) is 1. The number of hydrogen-bond acceptors (Lipinski definition) is 9. The van der Waals surface area contributed by atoms with Crippen LogP contribution in [0.1, 0.15) is 13.8 Å². The van der Waals surface area contributed by atoms with Crippen molar-refractivity contribution in [3.05, 3.63) is 36.5 Å². The van der Waals surface area contributed by atoms with Crippen molar-refractivity contribution in [2.24, 2.45) is 5.92 Å². The Labute approximate surface area is 192 Å². The molecule has 1 aromatic carbocycles. The van der Waals surface area contributed by atoms with E-state index in [4.69, 9.17) is 10.5 Å². The average Bonchev–Trinajstić information content (AvgIpc) is 3.15. The Bertz CT molecular complexity index is 1120. The van der Waals surface area contributed by atoms with Gasteiger partial charge in [0, 0.05) is 11.9 Å². The molecule has 0 unspecified atom stereocenters. The molecule has 0 radical (unpaired) electrons. The molecular formula is C20H24F3N9O2. The van der Waals surface area contributed by atoms with Crippen molar-refractivity contribution in [2.45, 2.75) is 26.1 Å². The van der Waals surface area contributed by atoms with Crippen molar-refractivity contribution in [1.82, 2.24) is 30.0 Å². The van der Waals surface area contributed by atoms with Crippen molar-refractivity contribution < 1.29 is 22.7 Å². The van der Waals surface area contributed by atoms with Crippen LogP contribution in [0, 0.1) is 5.92 Å². The highest BCUT2D eigenvalue weighted by Gasteiger charge is 2.30. The van der Waals surface area contributed by atoms with Gasteiger partial charge in [-0.05, 0) is 36.2 Å². The number of halogens is 3. The molecule has 0 aliphatic rings. The Morgan fingerprint density at radius 3 is 2.50 bits per heavy atom. The molecule has 2 aromatic heterocycles.